The van der Waals surface area contributed by atoms with E-state index in [0.29, 0.717) is 6.04 Å². The highest BCUT2D eigenvalue weighted by molar-refractivity contribution is 7.99. The lowest BCUT2D eigenvalue weighted by molar-refractivity contribution is 0.568. The van der Waals surface area contributed by atoms with E-state index in [4.69, 9.17) is 0 Å². The maximum atomic E-state index is 4.48. The van der Waals surface area contributed by atoms with Crippen LogP contribution >= 0.6 is 11.8 Å². The standard InChI is InChI=1S/C15H20N4S/c1-4-8-16-12(3)13-5-6-14(18-10-13)20-15-17-9-7-11(2)19-15/h5-7,9-10,12,16H,4,8H2,1-3H3. The van der Waals surface area contributed by atoms with Gasteiger partial charge in [-0.1, -0.05) is 13.0 Å². The number of hydrogen-bond donors (Lipinski definition) is 1. The van der Waals surface area contributed by atoms with E-state index in [1.807, 2.05) is 25.3 Å². The van der Waals surface area contributed by atoms with Crippen molar-refractivity contribution < 1.29 is 0 Å². The molecule has 4 nitrogen and oxygen atoms in total. The minimum absolute atomic E-state index is 0.330. The summed E-state index contributed by atoms with van der Waals surface area (Å²) in [4.78, 5) is 13.1. The highest BCUT2D eigenvalue weighted by Crippen LogP contribution is 2.23. The summed E-state index contributed by atoms with van der Waals surface area (Å²) in [5, 5.41) is 5.11. The van der Waals surface area contributed by atoms with Crippen molar-refractivity contribution in [2.75, 3.05) is 6.54 Å². The zero-order valence-electron chi connectivity index (χ0n) is 12.1. The number of rotatable bonds is 6. The van der Waals surface area contributed by atoms with Crippen LogP contribution in [0.1, 0.15) is 37.6 Å². The summed E-state index contributed by atoms with van der Waals surface area (Å²) in [6, 6.07) is 6.35. The van der Waals surface area contributed by atoms with E-state index in [2.05, 4.69) is 40.2 Å². The van der Waals surface area contributed by atoms with Crippen LogP contribution in [0, 0.1) is 6.92 Å². The Morgan fingerprint density at radius 2 is 2.10 bits per heavy atom. The van der Waals surface area contributed by atoms with Gasteiger partial charge in [0.25, 0.3) is 0 Å². The molecule has 0 fully saturated rings. The van der Waals surface area contributed by atoms with E-state index >= 15 is 0 Å². The molecule has 1 N–H and O–H groups in total. The first kappa shape index (κ1) is 14.9. The molecule has 1 atom stereocenters. The number of nitrogens with zero attached hydrogens (tertiary/aromatic N) is 3. The fraction of sp³-hybridized carbons (Fsp3) is 0.400. The summed E-state index contributed by atoms with van der Waals surface area (Å²) < 4.78 is 0. The molecule has 0 aliphatic carbocycles. The number of pyridine rings is 1. The van der Waals surface area contributed by atoms with Crippen LogP contribution in [-0.4, -0.2) is 21.5 Å². The SMILES string of the molecule is CCCNC(C)c1ccc(Sc2nccc(C)n2)nc1. The summed E-state index contributed by atoms with van der Waals surface area (Å²) in [7, 11) is 0. The second kappa shape index (κ2) is 7.36. The number of aryl methyl sites for hydroxylation is 1. The average molecular weight is 288 g/mol. The van der Waals surface area contributed by atoms with Crippen LogP contribution in [0.5, 0.6) is 0 Å². The number of aromatic nitrogens is 3. The van der Waals surface area contributed by atoms with Crippen LogP contribution in [0.3, 0.4) is 0 Å². The van der Waals surface area contributed by atoms with Gasteiger partial charge in [0.1, 0.15) is 5.03 Å². The smallest absolute Gasteiger partial charge is 0.194 e. The lowest BCUT2D eigenvalue weighted by Crippen LogP contribution is -2.19. The van der Waals surface area contributed by atoms with Gasteiger partial charge in [-0.15, -0.1) is 0 Å². The molecule has 0 amide bonds. The van der Waals surface area contributed by atoms with Crippen molar-refractivity contribution in [3.05, 3.63) is 41.9 Å². The van der Waals surface area contributed by atoms with E-state index < -0.39 is 0 Å². The Kier molecular flexibility index (Phi) is 5.49. The highest BCUT2D eigenvalue weighted by Gasteiger charge is 2.06. The molecule has 2 aromatic rings. The molecule has 106 valence electrons. The van der Waals surface area contributed by atoms with Crippen LogP contribution in [0.2, 0.25) is 0 Å². The van der Waals surface area contributed by atoms with Crippen molar-refractivity contribution in [2.45, 2.75) is 43.4 Å². The monoisotopic (exact) mass is 288 g/mol. The van der Waals surface area contributed by atoms with Gasteiger partial charge in [-0.3, -0.25) is 0 Å². The largest absolute Gasteiger partial charge is 0.310 e. The third-order valence-corrected chi connectivity index (χ3v) is 3.76. The van der Waals surface area contributed by atoms with Gasteiger partial charge in [0.05, 0.1) is 0 Å². The van der Waals surface area contributed by atoms with E-state index in [0.717, 1.165) is 28.8 Å². The van der Waals surface area contributed by atoms with E-state index in [1.54, 1.807) is 6.20 Å². The Bertz CT molecular complexity index is 542. The molecule has 0 aromatic carbocycles. The van der Waals surface area contributed by atoms with E-state index in [9.17, 15) is 0 Å². The maximum absolute atomic E-state index is 4.48. The van der Waals surface area contributed by atoms with Crippen LogP contribution in [-0.2, 0) is 0 Å². The lowest BCUT2D eigenvalue weighted by Gasteiger charge is -2.13. The van der Waals surface area contributed by atoms with E-state index in [-0.39, 0.29) is 0 Å². The Balaban J connectivity index is 2.01. The van der Waals surface area contributed by atoms with Crippen LogP contribution < -0.4 is 5.32 Å². The van der Waals surface area contributed by atoms with Gasteiger partial charge in [-0.25, -0.2) is 15.0 Å². The van der Waals surface area contributed by atoms with Gasteiger partial charge in [-0.05, 0) is 56.3 Å². The molecular formula is C15H20N4S. The second-order valence-corrected chi connectivity index (χ2v) is 5.68. The van der Waals surface area contributed by atoms with Gasteiger partial charge in [0.2, 0.25) is 0 Å². The Morgan fingerprint density at radius 3 is 2.75 bits per heavy atom. The quantitative estimate of drug-likeness (QED) is 0.826. The first-order chi connectivity index (χ1) is 9.69. The molecule has 0 saturated heterocycles. The molecule has 0 radical (unpaired) electrons. The number of nitrogens with one attached hydrogen (secondary N) is 1. The highest BCUT2D eigenvalue weighted by atomic mass is 32.2. The Morgan fingerprint density at radius 1 is 1.25 bits per heavy atom. The third kappa shape index (κ3) is 4.28. The zero-order chi connectivity index (χ0) is 14.4. The van der Waals surface area contributed by atoms with Crippen molar-refractivity contribution in [1.82, 2.24) is 20.3 Å². The Hall–Kier alpha value is -1.46. The summed E-state index contributed by atoms with van der Waals surface area (Å²) in [5.74, 6) is 0. The molecule has 0 aliphatic heterocycles. The third-order valence-electron chi connectivity index (χ3n) is 2.93. The first-order valence-electron chi connectivity index (χ1n) is 6.86. The Labute approximate surface area is 124 Å². The van der Waals surface area contributed by atoms with Gasteiger partial charge in [0.15, 0.2) is 5.16 Å². The summed E-state index contributed by atoms with van der Waals surface area (Å²) in [6.45, 7) is 7.31. The molecule has 0 spiro atoms. The number of hydrogen-bond acceptors (Lipinski definition) is 5. The van der Waals surface area contributed by atoms with Crippen molar-refractivity contribution in [3.63, 3.8) is 0 Å². The van der Waals surface area contributed by atoms with E-state index in [1.165, 1.54) is 17.3 Å². The molecule has 5 heteroatoms. The molecular weight excluding hydrogens is 268 g/mol. The van der Waals surface area contributed by atoms with Crippen LogP contribution in [0.15, 0.2) is 40.8 Å². The fourth-order valence-corrected chi connectivity index (χ4v) is 2.49. The van der Waals surface area contributed by atoms with Crippen molar-refractivity contribution in [2.24, 2.45) is 0 Å². The summed E-state index contributed by atoms with van der Waals surface area (Å²) in [5.41, 5.74) is 2.17. The zero-order valence-corrected chi connectivity index (χ0v) is 12.9. The predicted octanol–water partition coefficient (Wildman–Crippen LogP) is 3.39. The first-order valence-corrected chi connectivity index (χ1v) is 7.67. The second-order valence-electron chi connectivity index (χ2n) is 4.69. The van der Waals surface area contributed by atoms with Crippen molar-refractivity contribution >= 4 is 11.8 Å². The van der Waals surface area contributed by atoms with Crippen LogP contribution in [0.25, 0.3) is 0 Å². The molecule has 20 heavy (non-hydrogen) atoms. The average Bonchev–Trinajstić information content (AvgIpc) is 2.45. The molecule has 2 rings (SSSR count). The molecule has 0 aliphatic rings. The molecule has 0 saturated carbocycles. The van der Waals surface area contributed by atoms with Gasteiger partial charge in [-0.2, -0.15) is 0 Å². The van der Waals surface area contributed by atoms with Gasteiger partial charge in [0, 0.05) is 24.1 Å². The summed E-state index contributed by atoms with van der Waals surface area (Å²) >= 11 is 1.49. The van der Waals surface area contributed by atoms with Gasteiger partial charge < -0.3 is 5.32 Å². The van der Waals surface area contributed by atoms with Crippen molar-refractivity contribution in [3.8, 4) is 0 Å². The predicted molar refractivity (Wildman–Crippen MR) is 81.8 cm³/mol. The molecule has 2 aromatic heterocycles. The molecule has 1 unspecified atom stereocenters. The molecule has 0 bridgehead atoms. The lowest BCUT2D eigenvalue weighted by atomic mass is 10.1. The normalized spacial score (nSPS) is 12.3. The topological polar surface area (TPSA) is 50.7 Å². The fourth-order valence-electron chi connectivity index (χ4n) is 1.76. The van der Waals surface area contributed by atoms with Gasteiger partial charge >= 0.3 is 0 Å². The van der Waals surface area contributed by atoms with Crippen molar-refractivity contribution in [1.29, 1.82) is 0 Å². The summed E-state index contributed by atoms with van der Waals surface area (Å²) in [6.07, 6.45) is 4.83. The molecule has 2 heterocycles. The minimum Gasteiger partial charge on any atom is -0.310 e. The van der Waals surface area contributed by atoms with Crippen LogP contribution in [0.4, 0.5) is 0 Å². The maximum Gasteiger partial charge on any atom is 0.194 e. The minimum atomic E-state index is 0.330.